The molecule has 31 heavy (non-hydrogen) atoms. The standard InChI is InChI=1S/C25H43N5O/c1-4-26-25(27-12-6-7-13-30-16-14-29(5-2)15-17-30)28-19-23-11-8-21(3)18-24(23)31-20-22-9-10-22/h8,11,18,22H,4-7,9-10,12-17,19-20H2,1-3H3,(H2,26,27,28). The Labute approximate surface area is 189 Å². The van der Waals surface area contributed by atoms with E-state index in [-0.39, 0.29) is 0 Å². The van der Waals surface area contributed by atoms with E-state index >= 15 is 0 Å². The molecule has 3 rings (SSSR count). The molecule has 0 spiro atoms. The average Bonchev–Trinajstić information content (AvgIpc) is 3.61. The third-order valence-electron chi connectivity index (χ3n) is 6.25. The Bertz CT molecular complexity index is 680. The topological polar surface area (TPSA) is 52.1 Å². The van der Waals surface area contributed by atoms with Crippen LogP contribution < -0.4 is 15.4 Å². The molecule has 0 bridgehead atoms. The number of hydrogen-bond acceptors (Lipinski definition) is 4. The van der Waals surface area contributed by atoms with Crippen LogP contribution in [0.5, 0.6) is 5.75 Å². The van der Waals surface area contributed by atoms with Gasteiger partial charge in [-0.15, -0.1) is 0 Å². The molecule has 2 aliphatic rings. The normalized spacial score (nSPS) is 18.2. The summed E-state index contributed by atoms with van der Waals surface area (Å²) in [6, 6.07) is 6.45. The van der Waals surface area contributed by atoms with Gasteiger partial charge in [0.2, 0.25) is 0 Å². The highest BCUT2D eigenvalue weighted by Crippen LogP contribution is 2.30. The molecule has 1 saturated carbocycles. The molecule has 2 fully saturated rings. The van der Waals surface area contributed by atoms with E-state index in [1.165, 1.54) is 70.5 Å². The summed E-state index contributed by atoms with van der Waals surface area (Å²) in [6.45, 7) is 17.0. The maximum atomic E-state index is 6.10. The molecule has 1 heterocycles. The van der Waals surface area contributed by atoms with Gasteiger partial charge in [0, 0.05) is 44.8 Å². The van der Waals surface area contributed by atoms with Crippen LogP contribution in [-0.4, -0.2) is 74.7 Å². The average molecular weight is 430 g/mol. The minimum Gasteiger partial charge on any atom is -0.493 e. The van der Waals surface area contributed by atoms with E-state index < -0.39 is 0 Å². The second kappa shape index (κ2) is 12.9. The number of piperazine rings is 1. The van der Waals surface area contributed by atoms with Gasteiger partial charge in [0.05, 0.1) is 13.2 Å². The molecular weight excluding hydrogens is 386 g/mol. The SMILES string of the molecule is CCNC(=NCc1ccc(C)cc1OCC1CC1)NCCCCN1CCN(CC)CC1. The Kier molecular flexibility index (Phi) is 9.94. The van der Waals surface area contributed by atoms with Crippen molar-refractivity contribution in [3.8, 4) is 5.75 Å². The zero-order valence-electron chi connectivity index (χ0n) is 20.0. The lowest BCUT2D eigenvalue weighted by atomic mass is 10.1. The first-order valence-corrected chi connectivity index (χ1v) is 12.4. The quantitative estimate of drug-likeness (QED) is 0.303. The predicted octanol–water partition coefficient (Wildman–Crippen LogP) is 3.26. The first-order chi connectivity index (χ1) is 15.2. The van der Waals surface area contributed by atoms with Gasteiger partial charge in [0.1, 0.15) is 5.75 Å². The fraction of sp³-hybridized carbons (Fsp3) is 0.720. The smallest absolute Gasteiger partial charge is 0.191 e. The largest absolute Gasteiger partial charge is 0.493 e. The Balaban J connectivity index is 1.40. The van der Waals surface area contributed by atoms with Crippen molar-refractivity contribution in [2.75, 3.05) is 59.0 Å². The number of guanidine groups is 1. The minimum atomic E-state index is 0.636. The maximum Gasteiger partial charge on any atom is 0.191 e. The third-order valence-corrected chi connectivity index (χ3v) is 6.25. The van der Waals surface area contributed by atoms with Crippen molar-refractivity contribution in [1.29, 1.82) is 0 Å². The number of benzene rings is 1. The Morgan fingerprint density at radius 2 is 1.84 bits per heavy atom. The monoisotopic (exact) mass is 429 g/mol. The summed E-state index contributed by atoms with van der Waals surface area (Å²) in [4.78, 5) is 9.96. The van der Waals surface area contributed by atoms with E-state index in [2.05, 4.69) is 59.4 Å². The summed E-state index contributed by atoms with van der Waals surface area (Å²) >= 11 is 0. The van der Waals surface area contributed by atoms with Crippen molar-refractivity contribution in [2.45, 2.75) is 53.0 Å². The van der Waals surface area contributed by atoms with Crippen molar-refractivity contribution >= 4 is 5.96 Å². The number of rotatable bonds is 12. The molecule has 6 nitrogen and oxygen atoms in total. The van der Waals surface area contributed by atoms with Crippen LogP contribution >= 0.6 is 0 Å². The van der Waals surface area contributed by atoms with E-state index in [1.54, 1.807) is 0 Å². The van der Waals surface area contributed by atoms with Crippen LogP contribution in [0.1, 0.15) is 50.7 Å². The van der Waals surface area contributed by atoms with Crippen LogP contribution in [0.25, 0.3) is 0 Å². The lowest BCUT2D eigenvalue weighted by molar-refractivity contribution is 0.136. The third kappa shape index (κ3) is 8.69. The highest BCUT2D eigenvalue weighted by atomic mass is 16.5. The molecule has 0 unspecified atom stereocenters. The summed E-state index contributed by atoms with van der Waals surface area (Å²) in [7, 11) is 0. The van der Waals surface area contributed by atoms with Gasteiger partial charge in [0.25, 0.3) is 0 Å². The molecule has 174 valence electrons. The number of aryl methyl sites for hydroxylation is 1. The lowest BCUT2D eigenvalue weighted by Crippen LogP contribution is -2.46. The highest BCUT2D eigenvalue weighted by molar-refractivity contribution is 5.79. The summed E-state index contributed by atoms with van der Waals surface area (Å²) in [5.74, 6) is 2.65. The number of likely N-dealkylation sites (N-methyl/N-ethyl adjacent to an activating group) is 1. The van der Waals surface area contributed by atoms with Crippen LogP contribution in [-0.2, 0) is 6.54 Å². The molecule has 1 aliphatic carbocycles. The van der Waals surface area contributed by atoms with Crippen molar-refractivity contribution < 1.29 is 4.74 Å². The van der Waals surface area contributed by atoms with Gasteiger partial charge < -0.3 is 25.2 Å². The number of aliphatic imine (C=N–C) groups is 1. The van der Waals surface area contributed by atoms with Gasteiger partial charge >= 0.3 is 0 Å². The molecule has 0 atom stereocenters. The van der Waals surface area contributed by atoms with Crippen LogP contribution in [0.2, 0.25) is 0 Å². The van der Waals surface area contributed by atoms with Crippen LogP contribution in [0, 0.1) is 12.8 Å². The minimum absolute atomic E-state index is 0.636. The predicted molar refractivity (Wildman–Crippen MR) is 130 cm³/mol. The summed E-state index contributed by atoms with van der Waals surface area (Å²) in [6.07, 6.45) is 5.01. The number of ether oxygens (including phenoxy) is 1. The Morgan fingerprint density at radius 1 is 1.06 bits per heavy atom. The molecule has 0 aromatic heterocycles. The van der Waals surface area contributed by atoms with Crippen LogP contribution in [0.3, 0.4) is 0 Å². The van der Waals surface area contributed by atoms with Crippen molar-refractivity contribution in [3.63, 3.8) is 0 Å². The van der Waals surface area contributed by atoms with Crippen molar-refractivity contribution in [2.24, 2.45) is 10.9 Å². The molecular formula is C25H43N5O. The van der Waals surface area contributed by atoms with Gasteiger partial charge in [-0.25, -0.2) is 4.99 Å². The van der Waals surface area contributed by atoms with Gasteiger partial charge in [-0.3, -0.25) is 0 Å². The van der Waals surface area contributed by atoms with E-state index in [0.29, 0.717) is 6.54 Å². The van der Waals surface area contributed by atoms with Crippen LogP contribution in [0.4, 0.5) is 0 Å². The van der Waals surface area contributed by atoms with E-state index in [0.717, 1.165) is 42.9 Å². The van der Waals surface area contributed by atoms with Crippen molar-refractivity contribution in [1.82, 2.24) is 20.4 Å². The molecule has 1 saturated heterocycles. The van der Waals surface area contributed by atoms with Crippen LogP contribution in [0.15, 0.2) is 23.2 Å². The number of nitrogens with one attached hydrogen (secondary N) is 2. The molecule has 0 amide bonds. The molecule has 6 heteroatoms. The molecule has 2 N–H and O–H groups in total. The van der Waals surface area contributed by atoms with Gasteiger partial charge in [-0.1, -0.05) is 19.1 Å². The summed E-state index contributed by atoms with van der Waals surface area (Å²) in [5, 5.41) is 6.88. The summed E-state index contributed by atoms with van der Waals surface area (Å²) < 4.78 is 6.10. The Hall–Kier alpha value is -1.79. The highest BCUT2D eigenvalue weighted by Gasteiger charge is 2.22. The van der Waals surface area contributed by atoms with Gasteiger partial charge in [-0.2, -0.15) is 0 Å². The fourth-order valence-corrected chi connectivity index (χ4v) is 3.92. The lowest BCUT2D eigenvalue weighted by Gasteiger charge is -2.34. The van der Waals surface area contributed by atoms with E-state index in [9.17, 15) is 0 Å². The fourth-order valence-electron chi connectivity index (χ4n) is 3.92. The van der Waals surface area contributed by atoms with Crippen molar-refractivity contribution in [3.05, 3.63) is 29.3 Å². The molecule has 1 aromatic rings. The zero-order valence-corrected chi connectivity index (χ0v) is 20.0. The number of hydrogen-bond donors (Lipinski definition) is 2. The first-order valence-electron chi connectivity index (χ1n) is 12.4. The number of nitrogens with zero attached hydrogens (tertiary/aromatic N) is 3. The van der Waals surface area contributed by atoms with Gasteiger partial charge in [-0.05, 0) is 70.2 Å². The number of unbranched alkanes of at least 4 members (excludes halogenated alkanes) is 1. The van der Waals surface area contributed by atoms with E-state index in [4.69, 9.17) is 9.73 Å². The molecule has 1 aromatic carbocycles. The second-order valence-electron chi connectivity index (χ2n) is 8.97. The maximum absolute atomic E-state index is 6.10. The molecule has 1 aliphatic heterocycles. The van der Waals surface area contributed by atoms with Gasteiger partial charge in [0.15, 0.2) is 5.96 Å². The molecule has 0 radical (unpaired) electrons. The first kappa shape index (κ1) is 23.9. The Morgan fingerprint density at radius 3 is 2.55 bits per heavy atom. The second-order valence-corrected chi connectivity index (χ2v) is 8.97. The summed E-state index contributed by atoms with van der Waals surface area (Å²) in [5.41, 5.74) is 2.40. The van der Waals surface area contributed by atoms with E-state index in [1.807, 2.05) is 0 Å². The zero-order chi connectivity index (χ0) is 21.9.